The summed E-state index contributed by atoms with van der Waals surface area (Å²) in [4.78, 5) is 14.4. The van der Waals surface area contributed by atoms with Crippen LogP contribution in [0.3, 0.4) is 0 Å². The SMILES string of the molecule is CC1(C)CCC(OC(=O)c2cc(S(N)(=O)=O)c[nH]2)CC1. The molecule has 0 amide bonds. The maximum Gasteiger partial charge on any atom is 0.355 e. The largest absolute Gasteiger partial charge is 0.458 e. The molecule has 3 N–H and O–H groups in total. The fourth-order valence-corrected chi connectivity index (χ4v) is 2.87. The van der Waals surface area contributed by atoms with Crippen LogP contribution in [0.1, 0.15) is 50.0 Å². The Morgan fingerprint density at radius 2 is 2.00 bits per heavy atom. The molecule has 1 saturated carbocycles. The molecule has 0 aromatic carbocycles. The Kier molecular flexibility index (Phi) is 3.93. The van der Waals surface area contributed by atoms with E-state index in [-0.39, 0.29) is 16.7 Å². The summed E-state index contributed by atoms with van der Waals surface area (Å²) in [6.45, 7) is 4.41. The van der Waals surface area contributed by atoms with Crippen LogP contribution >= 0.6 is 0 Å². The number of hydrogen-bond donors (Lipinski definition) is 2. The van der Waals surface area contributed by atoms with Gasteiger partial charge in [0.1, 0.15) is 16.7 Å². The predicted molar refractivity (Wildman–Crippen MR) is 73.6 cm³/mol. The van der Waals surface area contributed by atoms with Gasteiger partial charge in [-0.2, -0.15) is 0 Å². The summed E-state index contributed by atoms with van der Waals surface area (Å²) in [5.41, 5.74) is 0.412. The van der Waals surface area contributed by atoms with E-state index in [0.717, 1.165) is 25.7 Å². The van der Waals surface area contributed by atoms with Crippen LogP contribution in [0.4, 0.5) is 0 Å². The number of primary sulfonamides is 1. The topological polar surface area (TPSA) is 102 Å². The van der Waals surface area contributed by atoms with Crippen LogP contribution in [0, 0.1) is 5.41 Å². The molecule has 1 heterocycles. The highest BCUT2D eigenvalue weighted by Crippen LogP contribution is 2.36. The Hall–Kier alpha value is -1.34. The van der Waals surface area contributed by atoms with E-state index >= 15 is 0 Å². The van der Waals surface area contributed by atoms with E-state index in [1.807, 2.05) is 0 Å². The summed E-state index contributed by atoms with van der Waals surface area (Å²) in [7, 11) is -3.80. The Bertz CT molecular complexity index is 594. The predicted octanol–water partition coefficient (Wildman–Crippen LogP) is 1.79. The van der Waals surface area contributed by atoms with Crippen LogP contribution in [-0.4, -0.2) is 25.5 Å². The first-order valence-electron chi connectivity index (χ1n) is 6.60. The highest BCUT2D eigenvalue weighted by atomic mass is 32.2. The second kappa shape index (κ2) is 5.21. The molecule has 1 fully saturated rings. The number of sulfonamides is 1. The molecule has 1 aliphatic rings. The van der Waals surface area contributed by atoms with Crippen LogP contribution in [0.5, 0.6) is 0 Å². The zero-order valence-corrected chi connectivity index (χ0v) is 12.5. The molecule has 0 saturated heterocycles. The van der Waals surface area contributed by atoms with Gasteiger partial charge in [0, 0.05) is 6.20 Å². The summed E-state index contributed by atoms with van der Waals surface area (Å²) in [5.74, 6) is -0.537. The molecule has 0 aliphatic heterocycles. The number of hydrogen-bond acceptors (Lipinski definition) is 4. The fourth-order valence-electron chi connectivity index (χ4n) is 2.36. The van der Waals surface area contributed by atoms with E-state index in [2.05, 4.69) is 18.8 Å². The lowest BCUT2D eigenvalue weighted by molar-refractivity contribution is 0.00897. The zero-order chi connectivity index (χ0) is 15.0. The van der Waals surface area contributed by atoms with Gasteiger partial charge in [0.25, 0.3) is 0 Å². The molecule has 0 bridgehead atoms. The number of carbonyl (C=O) groups is 1. The van der Waals surface area contributed by atoms with E-state index in [1.165, 1.54) is 12.3 Å². The Morgan fingerprint density at radius 3 is 2.50 bits per heavy atom. The molecule has 7 heteroatoms. The van der Waals surface area contributed by atoms with Crippen LogP contribution in [-0.2, 0) is 14.8 Å². The van der Waals surface area contributed by atoms with Gasteiger partial charge in [0.05, 0.1) is 0 Å². The standard InChI is InChI=1S/C13H20N2O4S/c1-13(2)5-3-9(4-6-13)19-12(16)11-7-10(8-15-11)20(14,17)18/h7-9,15H,3-6H2,1-2H3,(H2,14,17,18). The van der Waals surface area contributed by atoms with Crippen molar-refractivity contribution in [3.8, 4) is 0 Å². The van der Waals surface area contributed by atoms with E-state index in [9.17, 15) is 13.2 Å². The molecule has 0 spiro atoms. The minimum Gasteiger partial charge on any atom is -0.458 e. The number of H-pyrrole nitrogens is 1. The Balaban J connectivity index is 1.98. The van der Waals surface area contributed by atoms with Crippen molar-refractivity contribution in [3.05, 3.63) is 18.0 Å². The normalized spacial score (nSPS) is 19.8. The first-order valence-corrected chi connectivity index (χ1v) is 8.14. The fraction of sp³-hybridized carbons (Fsp3) is 0.615. The van der Waals surface area contributed by atoms with Crippen LogP contribution in [0.25, 0.3) is 0 Å². The third-order valence-electron chi connectivity index (χ3n) is 3.76. The third kappa shape index (κ3) is 3.61. The first kappa shape index (κ1) is 15.1. The summed E-state index contributed by atoms with van der Waals surface area (Å²) in [6, 6.07) is 1.20. The smallest absolute Gasteiger partial charge is 0.355 e. The van der Waals surface area contributed by atoms with Gasteiger partial charge in [-0.3, -0.25) is 0 Å². The second-order valence-corrected chi connectivity index (χ2v) is 7.62. The molecule has 1 aromatic heterocycles. The van der Waals surface area contributed by atoms with E-state index < -0.39 is 16.0 Å². The quantitative estimate of drug-likeness (QED) is 0.831. The maximum absolute atomic E-state index is 11.9. The number of esters is 1. The summed E-state index contributed by atoms with van der Waals surface area (Å²) in [6.07, 6.45) is 4.78. The molecular formula is C13H20N2O4S. The van der Waals surface area contributed by atoms with Gasteiger partial charge in [0.15, 0.2) is 0 Å². The lowest BCUT2D eigenvalue weighted by Crippen LogP contribution is -2.28. The van der Waals surface area contributed by atoms with Crippen LogP contribution in [0.2, 0.25) is 0 Å². The summed E-state index contributed by atoms with van der Waals surface area (Å²) < 4.78 is 27.7. The molecule has 0 unspecified atom stereocenters. The van der Waals surface area contributed by atoms with Crippen molar-refractivity contribution in [2.75, 3.05) is 0 Å². The van der Waals surface area contributed by atoms with Crippen molar-refractivity contribution in [3.63, 3.8) is 0 Å². The zero-order valence-electron chi connectivity index (χ0n) is 11.7. The van der Waals surface area contributed by atoms with Crippen molar-refractivity contribution >= 4 is 16.0 Å². The van der Waals surface area contributed by atoms with Gasteiger partial charge in [-0.15, -0.1) is 0 Å². The summed E-state index contributed by atoms with van der Waals surface area (Å²) >= 11 is 0. The number of nitrogens with two attached hydrogens (primary N) is 1. The number of nitrogens with one attached hydrogen (secondary N) is 1. The van der Waals surface area contributed by atoms with Gasteiger partial charge in [-0.1, -0.05) is 13.8 Å². The lowest BCUT2D eigenvalue weighted by atomic mass is 9.76. The molecule has 2 rings (SSSR count). The monoisotopic (exact) mass is 300 g/mol. The molecule has 112 valence electrons. The van der Waals surface area contributed by atoms with E-state index in [0.29, 0.717) is 5.41 Å². The Labute approximate surface area is 118 Å². The number of ether oxygens (including phenoxy) is 1. The van der Waals surface area contributed by atoms with E-state index in [4.69, 9.17) is 9.88 Å². The molecule has 6 nitrogen and oxygen atoms in total. The van der Waals surface area contributed by atoms with Crippen molar-refractivity contribution in [2.24, 2.45) is 10.6 Å². The van der Waals surface area contributed by atoms with Gasteiger partial charge in [-0.25, -0.2) is 18.4 Å². The average molecular weight is 300 g/mol. The van der Waals surface area contributed by atoms with Gasteiger partial charge in [-0.05, 0) is 37.2 Å². The molecule has 20 heavy (non-hydrogen) atoms. The first-order chi connectivity index (χ1) is 9.17. The van der Waals surface area contributed by atoms with Gasteiger partial charge in [0.2, 0.25) is 10.0 Å². The maximum atomic E-state index is 11.9. The average Bonchev–Trinajstić information content (AvgIpc) is 2.81. The summed E-state index contributed by atoms with van der Waals surface area (Å²) in [5, 5.41) is 4.98. The van der Waals surface area contributed by atoms with Crippen molar-refractivity contribution in [1.29, 1.82) is 0 Å². The molecule has 1 aliphatic carbocycles. The number of carbonyl (C=O) groups excluding carboxylic acids is 1. The third-order valence-corrected chi connectivity index (χ3v) is 4.66. The molecule has 1 aromatic rings. The number of rotatable bonds is 3. The molecule has 0 atom stereocenters. The van der Waals surface area contributed by atoms with Crippen molar-refractivity contribution in [2.45, 2.75) is 50.5 Å². The van der Waals surface area contributed by atoms with Gasteiger partial charge >= 0.3 is 5.97 Å². The van der Waals surface area contributed by atoms with E-state index in [1.54, 1.807) is 0 Å². The van der Waals surface area contributed by atoms with Crippen molar-refractivity contribution < 1.29 is 17.9 Å². The second-order valence-electron chi connectivity index (χ2n) is 6.06. The number of aromatic amines is 1. The van der Waals surface area contributed by atoms with Crippen LogP contribution < -0.4 is 5.14 Å². The molecular weight excluding hydrogens is 280 g/mol. The minimum absolute atomic E-state index is 0.100. The van der Waals surface area contributed by atoms with Crippen LogP contribution in [0.15, 0.2) is 17.2 Å². The minimum atomic E-state index is -3.80. The lowest BCUT2D eigenvalue weighted by Gasteiger charge is -2.33. The highest BCUT2D eigenvalue weighted by molar-refractivity contribution is 7.89. The Morgan fingerprint density at radius 1 is 1.40 bits per heavy atom. The highest BCUT2D eigenvalue weighted by Gasteiger charge is 2.29. The van der Waals surface area contributed by atoms with Gasteiger partial charge < -0.3 is 9.72 Å². The molecule has 0 radical (unpaired) electrons. The number of aromatic nitrogens is 1. The van der Waals surface area contributed by atoms with Crippen molar-refractivity contribution in [1.82, 2.24) is 4.98 Å².